The Hall–Kier alpha value is -4.17. The van der Waals surface area contributed by atoms with Crippen molar-refractivity contribution in [2.75, 3.05) is 5.32 Å². The van der Waals surface area contributed by atoms with Crippen LogP contribution in [-0.4, -0.2) is 41.2 Å². The smallest absolute Gasteiger partial charge is 0.324 e. The fourth-order valence-electron chi connectivity index (χ4n) is 4.63. The number of amides is 1. The lowest BCUT2D eigenvalue weighted by Gasteiger charge is -2.10. The van der Waals surface area contributed by atoms with Crippen molar-refractivity contribution in [3.63, 3.8) is 0 Å². The molecule has 0 spiro atoms. The Morgan fingerprint density at radius 3 is 1.90 bits per heavy atom. The van der Waals surface area contributed by atoms with Crippen molar-refractivity contribution in [3.05, 3.63) is 59.3 Å². The predicted octanol–water partition coefficient (Wildman–Crippen LogP) is 5.20. The molecule has 0 radical (unpaired) electrons. The van der Waals surface area contributed by atoms with E-state index >= 15 is 0 Å². The Labute approximate surface area is 221 Å². The van der Waals surface area contributed by atoms with E-state index in [9.17, 15) is 35.9 Å². The molecule has 2 aliphatic rings. The van der Waals surface area contributed by atoms with Gasteiger partial charge in [-0.2, -0.15) is 46.3 Å². The molecule has 0 unspecified atom stereocenters. The Balaban J connectivity index is 1.20. The van der Waals surface area contributed by atoms with E-state index < -0.39 is 48.6 Å². The van der Waals surface area contributed by atoms with Gasteiger partial charge in [0.2, 0.25) is 5.91 Å². The van der Waals surface area contributed by atoms with Crippen molar-refractivity contribution in [1.82, 2.24) is 29.3 Å². The fourth-order valence-corrected chi connectivity index (χ4v) is 4.63. The summed E-state index contributed by atoms with van der Waals surface area (Å²) in [6.45, 7) is -0.914. The molecule has 6 rings (SSSR count). The first-order valence-corrected chi connectivity index (χ1v) is 12.5. The van der Waals surface area contributed by atoms with Crippen LogP contribution >= 0.6 is 0 Å². The number of anilines is 1. The van der Waals surface area contributed by atoms with Gasteiger partial charge in [0.25, 0.3) is 5.91 Å². The monoisotopic (exact) mass is 565 g/mol. The van der Waals surface area contributed by atoms with E-state index in [1.165, 1.54) is 18.3 Å². The zero-order valence-corrected chi connectivity index (χ0v) is 20.6. The summed E-state index contributed by atoms with van der Waals surface area (Å²) >= 11 is 0. The number of benzene rings is 1. The van der Waals surface area contributed by atoms with E-state index in [4.69, 9.17) is 0 Å². The van der Waals surface area contributed by atoms with E-state index in [0.717, 1.165) is 39.0 Å². The average Bonchev–Trinajstić information content (AvgIpc) is 3.76. The molecule has 2 saturated carbocycles. The summed E-state index contributed by atoms with van der Waals surface area (Å²) in [6.07, 6.45) is -5.02. The van der Waals surface area contributed by atoms with E-state index in [2.05, 4.69) is 20.6 Å². The Kier molecular flexibility index (Phi) is 6.00. The third-order valence-corrected chi connectivity index (χ3v) is 6.86. The highest BCUT2D eigenvalue weighted by Gasteiger charge is 2.39. The molecule has 0 aliphatic heterocycles. The zero-order valence-electron chi connectivity index (χ0n) is 20.6. The van der Waals surface area contributed by atoms with Crippen molar-refractivity contribution in [3.8, 4) is 0 Å². The van der Waals surface area contributed by atoms with Gasteiger partial charge in [0.05, 0.1) is 11.7 Å². The quantitative estimate of drug-likeness (QED) is 0.311. The van der Waals surface area contributed by atoms with Crippen LogP contribution in [0.3, 0.4) is 0 Å². The lowest BCUT2D eigenvalue weighted by Crippen LogP contribution is -2.22. The summed E-state index contributed by atoms with van der Waals surface area (Å²) in [5, 5.41) is 14.4. The van der Waals surface area contributed by atoms with Crippen molar-refractivity contribution in [1.29, 1.82) is 0 Å². The van der Waals surface area contributed by atoms with Gasteiger partial charge in [0.15, 0.2) is 11.4 Å². The molecule has 1 aromatic carbocycles. The molecule has 4 aromatic rings. The fraction of sp³-hybridized carbons (Fsp3) is 0.400. The van der Waals surface area contributed by atoms with Crippen LogP contribution in [0, 0.1) is 0 Å². The summed E-state index contributed by atoms with van der Waals surface area (Å²) < 4.78 is 82.3. The van der Waals surface area contributed by atoms with Crippen molar-refractivity contribution in [2.24, 2.45) is 0 Å². The van der Waals surface area contributed by atoms with Crippen molar-refractivity contribution in [2.45, 2.75) is 63.0 Å². The SMILES string of the molecule is O=C(Cn1nc(C(F)(F)F)cc1C1CC1)Nc1ccc2cnn(C(=O)Cn3nc(C(F)(F)F)cc3C3CC3)c2c1. The molecule has 1 N–H and O–H groups in total. The number of nitrogens with one attached hydrogen (secondary N) is 1. The number of carbonyl (C=O) groups excluding carboxylic acids is 2. The molecule has 0 bridgehead atoms. The summed E-state index contributed by atoms with van der Waals surface area (Å²) in [6, 6.07) is 6.50. The number of nitrogens with zero attached hydrogens (tertiary/aromatic N) is 6. The average molecular weight is 565 g/mol. The summed E-state index contributed by atoms with van der Waals surface area (Å²) in [7, 11) is 0. The van der Waals surface area contributed by atoms with Gasteiger partial charge in [-0.3, -0.25) is 19.0 Å². The van der Waals surface area contributed by atoms with Crippen LogP contribution in [-0.2, 0) is 30.2 Å². The van der Waals surface area contributed by atoms with E-state index in [-0.39, 0.29) is 23.0 Å². The second-order valence-electron chi connectivity index (χ2n) is 10.0. The minimum Gasteiger partial charge on any atom is -0.324 e. The highest BCUT2D eigenvalue weighted by atomic mass is 19.4. The van der Waals surface area contributed by atoms with Gasteiger partial charge >= 0.3 is 12.4 Å². The van der Waals surface area contributed by atoms with Crippen LogP contribution in [0.2, 0.25) is 0 Å². The number of alkyl halides is 6. The van der Waals surface area contributed by atoms with Crippen molar-refractivity contribution < 1.29 is 35.9 Å². The van der Waals surface area contributed by atoms with Crippen LogP contribution in [0.5, 0.6) is 0 Å². The maximum atomic E-state index is 13.2. The summed E-state index contributed by atoms with van der Waals surface area (Å²) in [5.74, 6) is -1.42. The third kappa shape index (κ3) is 5.19. The molecule has 1 amide bonds. The van der Waals surface area contributed by atoms with Crippen LogP contribution in [0.25, 0.3) is 10.9 Å². The van der Waals surface area contributed by atoms with E-state index in [1.54, 1.807) is 6.07 Å². The first-order valence-electron chi connectivity index (χ1n) is 12.5. The highest BCUT2D eigenvalue weighted by molar-refractivity contribution is 5.96. The minimum absolute atomic E-state index is 0.0736. The molecule has 0 saturated heterocycles. The normalized spacial score (nSPS) is 16.1. The highest BCUT2D eigenvalue weighted by Crippen LogP contribution is 2.43. The van der Waals surface area contributed by atoms with Gasteiger partial charge in [-0.05, 0) is 56.0 Å². The summed E-state index contributed by atoms with van der Waals surface area (Å²) in [4.78, 5) is 25.8. The number of carbonyl (C=O) groups is 2. The number of hydrogen-bond acceptors (Lipinski definition) is 5. The van der Waals surface area contributed by atoms with Gasteiger partial charge in [-0.25, -0.2) is 0 Å². The largest absolute Gasteiger partial charge is 0.435 e. The van der Waals surface area contributed by atoms with E-state index in [0.29, 0.717) is 29.6 Å². The Bertz CT molecular complexity index is 1620. The van der Waals surface area contributed by atoms with E-state index in [1.807, 2.05) is 0 Å². The molecule has 15 heteroatoms. The zero-order chi connectivity index (χ0) is 28.4. The molecule has 2 fully saturated rings. The molecular formula is C25H21F6N7O2. The topological polar surface area (TPSA) is 99.6 Å². The molecule has 210 valence electrons. The first kappa shape index (κ1) is 26.1. The molecule has 0 atom stereocenters. The molecule has 3 heterocycles. The van der Waals surface area contributed by atoms with Gasteiger partial charge in [-0.1, -0.05) is 0 Å². The number of rotatable bonds is 7. The molecule has 40 heavy (non-hydrogen) atoms. The van der Waals surface area contributed by atoms with Crippen LogP contribution in [0.4, 0.5) is 32.0 Å². The standard InChI is InChI=1S/C25H21F6N7O2/c26-24(27,28)20-8-17(13-1-2-13)36(34-20)11-22(39)33-16-6-5-15-10-32-38(19(15)7-16)23(40)12-37-18(14-3-4-14)9-21(35-37)25(29,30)31/h5-10,13-14H,1-4,11-12H2,(H,33,39). The minimum atomic E-state index is -4.65. The lowest BCUT2D eigenvalue weighted by molar-refractivity contribution is -0.142. The van der Waals surface area contributed by atoms with Gasteiger partial charge in [-0.15, -0.1) is 0 Å². The molecule has 9 nitrogen and oxygen atoms in total. The molecular weight excluding hydrogens is 544 g/mol. The Morgan fingerprint density at radius 1 is 0.825 bits per heavy atom. The van der Waals surface area contributed by atoms with Gasteiger partial charge in [0.1, 0.15) is 13.1 Å². The predicted molar refractivity (Wildman–Crippen MR) is 127 cm³/mol. The number of hydrogen-bond donors (Lipinski definition) is 1. The lowest BCUT2D eigenvalue weighted by atomic mass is 10.2. The van der Waals surface area contributed by atoms with Gasteiger partial charge in [0, 0.05) is 34.3 Å². The van der Waals surface area contributed by atoms with Gasteiger partial charge < -0.3 is 5.32 Å². The number of fused-ring (bicyclic) bond motifs is 1. The molecule has 2 aliphatic carbocycles. The van der Waals surface area contributed by atoms with Crippen LogP contribution in [0.1, 0.15) is 65.1 Å². The second-order valence-corrected chi connectivity index (χ2v) is 10.0. The number of aromatic nitrogens is 6. The van der Waals surface area contributed by atoms with Crippen molar-refractivity contribution >= 4 is 28.4 Å². The van der Waals surface area contributed by atoms with Crippen LogP contribution < -0.4 is 5.32 Å². The maximum Gasteiger partial charge on any atom is 0.435 e. The number of halogens is 6. The maximum absolute atomic E-state index is 13.2. The van der Waals surface area contributed by atoms with Crippen LogP contribution in [0.15, 0.2) is 36.5 Å². The molecule has 3 aromatic heterocycles. The Morgan fingerprint density at radius 2 is 1.38 bits per heavy atom. The first-order chi connectivity index (χ1) is 18.9. The summed E-state index contributed by atoms with van der Waals surface area (Å²) in [5.41, 5.74) is -0.906. The third-order valence-electron chi connectivity index (χ3n) is 6.86. The second kappa shape index (κ2) is 9.20.